The van der Waals surface area contributed by atoms with Crippen molar-refractivity contribution in [1.82, 2.24) is 30.3 Å². The van der Waals surface area contributed by atoms with Gasteiger partial charge in [-0.2, -0.15) is 25.3 Å². The van der Waals surface area contributed by atoms with Gasteiger partial charge >= 0.3 is 0 Å². The zero-order valence-corrected chi connectivity index (χ0v) is 24.8. The number of aromatic nitrogens is 5. The lowest BCUT2D eigenvalue weighted by Crippen LogP contribution is -2.19. The maximum Gasteiger partial charge on any atom is 0.271 e. The molecule has 4 aromatic heterocycles. The summed E-state index contributed by atoms with van der Waals surface area (Å²) in [5.41, 5.74) is 14.4. The Labute approximate surface area is 259 Å². The number of hydrazone groups is 3. The zero-order chi connectivity index (χ0) is 31.4. The smallest absolute Gasteiger partial charge is 0.271 e. The molecule has 5 aromatic rings. The van der Waals surface area contributed by atoms with Crippen LogP contribution in [0.15, 0.2) is 119 Å². The molecule has 0 aliphatic heterocycles. The highest BCUT2D eigenvalue weighted by Crippen LogP contribution is 2.20. The lowest BCUT2D eigenvalue weighted by Gasteiger charge is -2.11. The Kier molecular flexibility index (Phi) is 9.82. The molecule has 0 radical (unpaired) electrons. The van der Waals surface area contributed by atoms with E-state index in [0.717, 1.165) is 28.1 Å². The van der Waals surface area contributed by atoms with E-state index in [9.17, 15) is 4.79 Å². The molecule has 0 atom stereocenters. The number of pyridine rings is 3. The van der Waals surface area contributed by atoms with Gasteiger partial charge in [-0.25, -0.2) is 5.43 Å². The highest BCUT2D eigenvalue weighted by atomic mass is 16.2. The summed E-state index contributed by atoms with van der Waals surface area (Å²) in [6, 6.07) is 19.7. The van der Waals surface area contributed by atoms with Gasteiger partial charge in [-0.1, -0.05) is 6.07 Å². The predicted octanol–water partition coefficient (Wildman–Crippen LogP) is 5.23. The summed E-state index contributed by atoms with van der Waals surface area (Å²) in [6.45, 7) is 5.56. The van der Waals surface area contributed by atoms with Gasteiger partial charge < -0.3 is 5.32 Å². The van der Waals surface area contributed by atoms with Crippen LogP contribution in [0, 0.1) is 0 Å². The van der Waals surface area contributed by atoms with Gasteiger partial charge in [-0.15, -0.1) is 0 Å². The van der Waals surface area contributed by atoms with E-state index in [0.29, 0.717) is 28.6 Å². The molecule has 1 aromatic carbocycles. The summed E-state index contributed by atoms with van der Waals surface area (Å²) < 4.78 is 0. The van der Waals surface area contributed by atoms with Crippen LogP contribution in [0.4, 0.5) is 23.3 Å². The molecule has 0 spiro atoms. The van der Waals surface area contributed by atoms with Gasteiger partial charge in [0.25, 0.3) is 5.91 Å². The van der Waals surface area contributed by atoms with Crippen LogP contribution in [0.2, 0.25) is 0 Å². The Morgan fingerprint density at radius 2 is 1.04 bits per heavy atom. The predicted molar refractivity (Wildman–Crippen MR) is 176 cm³/mol. The van der Waals surface area contributed by atoms with Crippen LogP contribution >= 0.6 is 0 Å². The molecular weight excluding hydrogens is 568 g/mol. The summed E-state index contributed by atoms with van der Waals surface area (Å²) in [5, 5.41) is 16.3. The fourth-order valence-corrected chi connectivity index (χ4v) is 3.94. The van der Waals surface area contributed by atoms with Crippen molar-refractivity contribution in [2.45, 2.75) is 20.8 Å². The van der Waals surface area contributed by atoms with Crippen LogP contribution in [0.1, 0.15) is 47.8 Å². The molecule has 13 heteroatoms. The third-order valence-electron chi connectivity index (χ3n) is 6.40. The molecular formula is C32H30N12O. The second kappa shape index (κ2) is 14.7. The summed E-state index contributed by atoms with van der Waals surface area (Å²) in [4.78, 5) is 34.1. The summed E-state index contributed by atoms with van der Waals surface area (Å²) in [5.74, 6) is 0.706. The fourth-order valence-electron chi connectivity index (χ4n) is 3.94. The van der Waals surface area contributed by atoms with Gasteiger partial charge in [0.15, 0.2) is 11.6 Å². The van der Waals surface area contributed by atoms with E-state index < -0.39 is 0 Å². The van der Waals surface area contributed by atoms with Gasteiger partial charge in [0.2, 0.25) is 5.95 Å². The molecule has 4 N–H and O–H groups in total. The largest absolute Gasteiger partial charge is 0.324 e. The molecule has 1 amide bonds. The van der Waals surface area contributed by atoms with Crippen molar-refractivity contribution >= 4 is 46.3 Å². The minimum absolute atomic E-state index is 0.250. The number of carbonyl (C=O) groups is 1. The Morgan fingerprint density at radius 3 is 1.53 bits per heavy atom. The molecule has 13 nitrogen and oxygen atoms in total. The Balaban J connectivity index is 1.36. The van der Waals surface area contributed by atoms with Crippen molar-refractivity contribution in [1.29, 1.82) is 0 Å². The quantitative estimate of drug-likeness (QED) is 0.118. The second-order valence-corrected chi connectivity index (χ2v) is 9.63. The number of benzene rings is 1. The van der Waals surface area contributed by atoms with Gasteiger partial charge in [-0.3, -0.25) is 30.6 Å². The maximum atomic E-state index is 12.9. The van der Waals surface area contributed by atoms with Crippen LogP contribution in [0.5, 0.6) is 0 Å². The minimum atomic E-state index is -0.368. The number of nitrogens with zero attached hydrogens (tertiary/aromatic N) is 8. The van der Waals surface area contributed by atoms with Crippen LogP contribution in [0.3, 0.4) is 0 Å². The zero-order valence-electron chi connectivity index (χ0n) is 24.8. The van der Waals surface area contributed by atoms with E-state index >= 15 is 0 Å². The molecule has 0 saturated heterocycles. The normalized spacial score (nSPS) is 11.9. The van der Waals surface area contributed by atoms with Crippen LogP contribution < -0.4 is 21.6 Å². The first-order valence-corrected chi connectivity index (χ1v) is 13.9. The van der Waals surface area contributed by atoms with E-state index in [1.54, 1.807) is 67.5 Å². The molecule has 0 bridgehead atoms. The summed E-state index contributed by atoms with van der Waals surface area (Å²) in [6.07, 6.45) is 10.2. The van der Waals surface area contributed by atoms with E-state index in [2.05, 4.69) is 61.8 Å². The first kappa shape index (κ1) is 30.1. The van der Waals surface area contributed by atoms with Crippen molar-refractivity contribution in [2.75, 3.05) is 16.2 Å². The molecule has 45 heavy (non-hydrogen) atoms. The summed E-state index contributed by atoms with van der Waals surface area (Å²) >= 11 is 0. The number of anilines is 4. The Hall–Kier alpha value is -6.37. The topological polar surface area (TPSA) is 167 Å². The molecule has 0 aliphatic carbocycles. The minimum Gasteiger partial charge on any atom is -0.324 e. The molecule has 0 aliphatic rings. The van der Waals surface area contributed by atoms with Crippen molar-refractivity contribution < 1.29 is 4.79 Å². The van der Waals surface area contributed by atoms with Crippen molar-refractivity contribution in [3.8, 4) is 0 Å². The standard InChI is InChI=1S/C32H30N12O/c1-21(24-7-13-33-14-8-24)39-42-29-20-30(43-40-22(2)25-9-15-34-16-10-25)38-32(37-29)36-28-6-4-5-27(19-28)31(45)44-41-23(3)26-11-17-35-18-12-26/h4-20H,1-3H3,(H,44,45)(H3,36,37,38,42,43). The SMILES string of the molecule is CC(=NNC(=O)c1cccc(Nc2nc(NN=C(C)c3ccncc3)cc(NN=C(C)c3ccncc3)n2)c1)c1ccncc1. The van der Waals surface area contributed by atoms with Gasteiger partial charge in [-0.05, 0) is 75.4 Å². The first-order valence-electron chi connectivity index (χ1n) is 13.9. The highest BCUT2D eigenvalue weighted by molar-refractivity contribution is 6.01. The average Bonchev–Trinajstić information content (AvgIpc) is 3.09. The Bertz CT molecular complexity index is 1770. The molecule has 0 saturated carbocycles. The van der Waals surface area contributed by atoms with E-state index in [1.807, 2.05) is 57.2 Å². The monoisotopic (exact) mass is 598 g/mol. The van der Waals surface area contributed by atoms with Crippen molar-refractivity contribution in [3.63, 3.8) is 0 Å². The number of amides is 1. The van der Waals surface area contributed by atoms with Crippen LogP contribution in [0.25, 0.3) is 0 Å². The van der Waals surface area contributed by atoms with Gasteiger partial charge in [0.1, 0.15) is 0 Å². The summed E-state index contributed by atoms with van der Waals surface area (Å²) in [7, 11) is 0. The van der Waals surface area contributed by atoms with Crippen LogP contribution in [-0.4, -0.2) is 48.0 Å². The fraction of sp³-hybridized carbons (Fsp3) is 0.0938. The first-order chi connectivity index (χ1) is 21.9. The number of rotatable bonds is 11. The van der Waals surface area contributed by atoms with E-state index in [4.69, 9.17) is 0 Å². The van der Waals surface area contributed by atoms with Crippen LogP contribution in [-0.2, 0) is 0 Å². The second-order valence-electron chi connectivity index (χ2n) is 9.63. The van der Waals surface area contributed by atoms with Gasteiger partial charge in [0.05, 0.1) is 17.1 Å². The maximum absolute atomic E-state index is 12.9. The number of nitrogens with one attached hydrogen (secondary N) is 4. The van der Waals surface area contributed by atoms with E-state index in [-0.39, 0.29) is 11.9 Å². The molecule has 224 valence electrons. The lowest BCUT2D eigenvalue weighted by atomic mass is 10.2. The number of hydrogen-bond acceptors (Lipinski definition) is 12. The molecule has 0 unspecified atom stereocenters. The number of hydrogen-bond donors (Lipinski definition) is 4. The van der Waals surface area contributed by atoms with Crippen molar-refractivity contribution in [3.05, 3.63) is 126 Å². The molecule has 0 fully saturated rings. The molecule has 5 rings (SSSR count). The number of carbonyl (C=O) groups excluding carboxylic acids is 1. The van der Waals surface area contributed by atoms with Crippen molar-refractivity contribution in [2.24, 2.45) is 15.3 Å². The average molecular weight is 599 g/mol. The Morgan fingerprint density at radius 1 is 0.578 bits per heavy atom. The molecule has 4 heterocycles. The van der Waals surface area contributed by atoms with Gasteiger partial charge in [0, 0.05) is 71.2 Å². The third kappa shape index (κ3) is 8.58. The van der Waals surface area contributed by atoms with E-state index in [1.165, 1.54) is 0 Å². The lowest BCUT2D eigenvalue weighted by molar-refractivity contribution is 0.0955. The third-order valence-corrected chi connectivity index (χ3v) is 6.40. The highest BCUT2D eigenvalue weighted by Gasteiger charge is 2.10.